The summed E-state index contributed by atoms with van der Waals surface area (Å²) in [7, 11) is 1.59. The molecule has 3 aromatic carbocycles. The topological polar surface area (TPSA) is 185 Å². The van der Waals surface area contributed by atoms with Crippen LogP contribution in [0.3, 0.4) is 0 Å². The van der Waals surface area contributed by atoms with Crippen molar-refractivity contribution in [3.63, 3.8) is 0 Å². The molecule has 54 heavy (non-hydrogen) atoms. The number of thiophene rings is 1. The Hall–Kier alpha value is -5.92. The average Bonchev–Trinajstić information content (AvgIpc) is 3.55. The summed E-state index contributed by atoms with van der Waals surface area (Å²) in [5.41, 5.74) is 1.06. The van der Waals surface area contributed by atoms with Crippen molar-refractivity contribution < 1.29 is 33.7 Å². The number of anilines is 1. The van der Waals surface area contributed by atoms with E-state index < -0.39 is 17.2 Å². The number of carboxylic acid groups (broad SMARTS) is 1. The number of aromatic hydroxyl groups is 2. The van der Waals surface area contributed by atoms with E-state index >= 15 is 0 Å². The maximum absolute atomic E-state index is 12.2. The first kappa shape index (κ1) is 36.4. The van der Waals surface area contributed by atoms with Gasteiger partial charge in [-0.2, -0.15) is 0 Å². The molecule has 12 nitrogen and oxygen atoms in total. The third kappa shape index (κ3) is 7.45. The number of nitrogens with one attached hydrogen (secondary N) is 1. The summed E-state index contributed by atoms with van der Waals surface area (Å²) in [5.74, 6) is 0.581. The van der Waals surface area contributed by atoms with Gasteiger partial charge >= 0.3 is 17.2 Å². The number of halogens is 1. The SMILES string of the molecule is COc1ccc(CNc2nc(CCC(=O)O)nc3sc4c(c23)CCCC4)cc1Cl.O=c1oc2ccccc2c(O)c1Cc1c(O)c2ccccc2oc1=O. The van der Waals surface area contributed by atoms with Crippen LogP contribution in [-0.2, 0) is 37.0 Å². The van der Waals surface area contributed by atoms with E-state index in [1.165, 1.54) is 23.3 Å². The number of nitrogens with zero attached hydrogens (tertiary/aromatic N) is 2. The van der Waals surface area contributed by atoms with E-state index in [1.54, 1.807) is 67.0 Å². The van der Waals surface area contributed by atoms with E-state index in [0.717, 1.165) is 34.4 Å². The molecule has 4 N–H and O–H groups in total. The molecule has 4 aromatic heterocycles. The molecule has 0 spiro atoms. The predicted octanol–water partition coefficient (Wildman–Crippen LogP) is 7.76. The number of hydrogen-bond acceptors (Lipinski definition) is 12. The van der Waals surface area contributed by atoms with Crippen LogP contribution in [0.15, 0.2) is 85.2 Å². The quantitative estimate of drug-likeness (QED) is 0.105. The Balaban J connectivity index is 0.000000168. The van der Waals surface area contributed by atoms with E-state index in [4.69, 9.17) is 30.3 Å². The second-order valence-electron chi connectivity index (χ2n) is 12.7. The third-order valence-corrected chi connectivity index (χ3v) is 10.7. The molecule has 1 aliphatic carbocycles. The molecule has 0 aliphatic heterocycles. The van der Waals surface area contributed by atoms with Crippen molar-refractivity contribution in [3.05, 3.63) is 126 Å². The molecule has 14 heteroatoms. The minimum absolute atomic E-state index is 0.0180. The van der Waals surface area contributed by atoms with Crippen LogP contribution in [0.2, 0.25) is 5.02 Å². The van der Waals surface area contributed by atoms with Crippen molar-refractivity contribution in [1.82, 2.24) is 9.97 Å². The fourth-order valence-electron chi connectivity index (χ4n) is 6.50. The zero-order valence-corrected chi connectivity index (χ0v) is 30.6. The molecule has 0 amide bonds. The first-order valence-corrected chi connectivity index (χ1v) is 18.4. The van der Waals surface area contributed by atoms with Crippen LogP contribution < -0.4 is 21.3 Å². The van der Waals surface area contributed by atoms with Crippen LogP contribution >= 0.6 is 22.9 Å². The Bertz CT molecular complexity index is 2570. The van der Waals surface area contributed by atoms with E-state index in [9.17, 15) is 24.6 Å². The summed E-state index contributed by atoms with van der Waals surface area (Å²) in [6.07, 6.45) is 4.52. The van der Waals surface area contributed by atoms with Crippen LogP contribution in [0.4, 0.5) is 5.82 Å². The highest BCUT2D eigenvalue weighted by Crippen LogP contribution is 2.39. The van der Waals surface area contributed by atoms with Gasteiger partial charge in [0.25, 0.3) is 0 Å². The molecule has 8 rings (SSSR count). The molecule has 0 bridgehead atoms. The van der Waals surface area contributed by atoms with Crippen molar-refractivity contribution in [2.45, 2.75) is 51.5 Å². The Morgan fingerprint density at radius 1 is 0.907 bits per heavy atom. The number of ether oxygens (including phenoxy) is 1. The first-order valence-electron chi connectivity index (χ1n) is 17.2. The number of benzene rings is 3. The van der Waals surface area contributed by atoms with Gasteiger partial charge in [0, 0.05) is 24.3 Å². The maximum atomic E-state index is 12.2. The second-order valence-corrected chi connectivity index (χ2v) is 14.2. The minimum Gasteiger partial charge on any atom is -0.507 e. The number of fused-ring (bicyclic) bond motifs is 5. The van der Waals surface area contributed by atoms with Crippen LogP contribution in [-0.4, -0.2) is 38.4 Å². The predicted molar refractivity (Wildman–Crippen MR) is 206 cm³/mol. The largest absolute Gasteiger partial charge is 0.507 e. The summed E-state index contributed by atoms with van der Waals surface area (Å²) < 4.78 is 15.6. The fourth-order valence-corrected chi connectivity index (χ4v) is 8.06. The molecule has 0 saturated heterocycles. The van der Waals surface area contributed by atoms with Gasteiger partial charge in [0.2, 0.25) is 0 Å². The van der Waals surface area contributed by atoms with E-state index in [2.05, 4.69) is 15.3 Å². The molecule has 4 heterocycles. The zero-order valence-electron chi connectivity index (χ0n) is 29.0. The average molecular weight is 768 g/mol. The number of hydrogen-bond donors (Lipinski definition) is 4. The van der Waals surface area contributed by atoms with Crippen molar-refractivity contribution >= 4 is 66.9 Å². The van der Waals surface area contributed by atoms with Gasteiger partial charge in [-0.15, -0.1) is 11.3 Å². The number of rotatable bonds is 9. The number of carbonyl (C=O) groups is 1. The number of carboxylic acids is 1. The van der Waals surface area contributed by atoms with E-state index in [-0.39, 0.29) is 46.6 Å². The molecular formula is C40H34ClN3O9S. The lowest BCUT2D eigenvalue weighted by molar-refractivity contribution is -0.137. The van der Waals surface area contributed by atoms with Crippen LogP contribution in [0.1, 0.15) is 52.2 Å². The normalized spacial score (nSPS) is 12.3. The van der Waals surface area contributed by atoms with Gasteiger partial charge in [0.05, 0.1) is 45.8 Å². The van der Waals surface area contributed by atoms with Gasteiger partial charge in [-0.3, -0.25) is 4.79 Å². The highest BCUT2D eigenvalue weighted by Gasteiger charge is 2.22. The van der Waals surface area contributed by atoms with Crippen molar-refractivity contribution in [1.29, 1.82) is 0 Å². The minimum atomic E-state index is -0.846. The van der Waals surface area contributed by atoms with Gasteiger partial charge in [0.1, 0.15) is 44.9 Å². The molecule has 276 valence electrons. The van der Waals surface area contributed by atoms with Crippen LogP contribution in [0.5, 0.6) is 17.2 Å². The van der Waals surface area contributed by atoms with Gasteiger partial charge in [-0.05, 0) is 73.2 Å². The lowest BCUT2D eigenvalue weighted by Gasteiger charge is -2.14. The summed E-state index contributed by atoms with van der Waals surface area (Å²) in [5, 5.41) is 35.6. The lowest BCUT2D eigenvalue weighted by atomic mass is 9.97. The highest BCUT2D eigenvalue weighted by molar-refractivity contribution is 7.19. The molecule has 0 radical (unpaired) electrons. The van der Waals surface area contributed by atoms with E-state index in [0.29, 0.717) is 40.3 Å². The van der Waals surface area contributed by atoms with E-state index in [1.807, 2.05) is 18.2 Å². The van der Waals surface area contributed by atoms with Gasteiger partial charge in [-0.1, -0.05) is 41.9 Å². The van der Waals surface area contributed by atoms with Gasteiger partial charge in [0.15, 0.2) is 0 Å². The molecule has 1 aliphatic rings. The molecule has 0 unspecified atom stereocenters. The van der Waals surface area contributed by atoms with Crippen molar-refractivity contribution in [2.75, 3.05) is 12.4 Å². The van der Waals surface area contributed by atoms with Crippen LogP contribution in [0.25, 0.3) is 32.2 Å². The Morgan fingerprint density at radius 3 is 2.15 bits per heavy atom. The van der Waals surface area contributed by atoms with Gasteiger partial charge in [-0.25, -0.2) is 19.6 Å². The summed E-state index contributed by atoms with van der Waals surface area (Å²) in [6, 6.07) is 18.7. The molecule has 0 fully saturated rings. The monoisotopic (exact) mass is 767 g/mol. The van der Waals surface area contributed by atoms with Gasteiger partial charge < -0.3 is 34.2 Å². The second kappa shape index (κ2) is 15.6. The highest BCUT2D eigenvalue weighted by atomic mass is 35.5. The number of para-hydroxylation sites is 2. The van der Waals surface area contributed by atoms with Crippen molar-refractivity contribution in [2.24, 2.45) is 0 Å². The third-order valence-electron chi connectivity index (χ3n) is 9.21. The lowest BCUT2D eigenvalue weighted by Crippen LogP contribution is -2.14. The fraction of sp³-hybridized carbons (Fsp3) is 0.225. The maximum Gasteiger partial charge on any atom is 0.343 e. The Morgan fingerprint density at radius 2 is 1.54 bits per heavy atom. The number of aryl methyl sites for hydroxylation is 3. The zero-order chi connectivity index (χ0) is 37.9. The Labute approximate surface area is 316 Å². The Kier molecular flexibility index (Phi) is 10.5. The summed E-state index contributed by atoms with van der Waals surface area (Å²) >= 11 is 7.96. The molecular weight excluding hydrogens is 734 g/mol. The van der Waals surface area contributed by atoms with Crippen LogP contribution in [0, 0.1) is 0 Å². The number of aromatic nitrogens is 2. The first-order chi connectivity index (χ1) is 26.1. The smallest absolute Gasteiger partial charge is 0.343 e. The standard InChI is InChI=1S/C21H22ClN3O3S.C19H12O6/c1-28-15-7-6-12(10-14(15)22)11-23-20-19-13-4-2-3-5-16(13)29-21(19)25-17(24-20)8-9-18(26)27;20-16-10-5-1-3-7-14(10)24-18(22)12(16)9-13-17(21)11-6-2-4-8-15(11)25-19(13)23/h6-7,10H,2-5,8-9,11H2,1H3,(H,26,27)(H,23,24,25);1-8,20-21H,9H2. The molecule has 7 aromatic rings. The summed E-state index contributed by atoms with van der Waals surface area (Å²) in [6.45, 7) is 0.554. The van der Waals surface area contributed by atoms with Crippen molar-refractivity contribution in [3.8, 4) is 17.2 Å². The molecule has 0 atom stereocenters. The summed E-state index contributed by atoms with van der Waals surface area (Å²) in [4.78, 5) is 47.1. The number of methoxy groups -OCH3 is 1. The number of aliphatic carboxylic acids is 1. The molecule has 0 saturated carbocycles.